The van der Waals surface area contributed by atoms with Crippen LogP contribution >= 0.6 is 0 Å². The van der Waals surface area contributed by atoms with E-state index < -0.39 is 11.7 Å². The van der Waals surface area contributed by atoms with Crippen molar-refractivity contribution < 1.29 is 9.53 Å². The molecule has 0 fully saturated rings. The zero-order valence-electron chi connectivity index (χ0n) is 11.0. The Labute approximate surface area is 107 Å². The van der Waals surface area contributed by atoms with Crippen molar-refractivity contribution in [2.45, 2.75) is 32.8 Å². The Morgan fingerprint density at radius 2 is 2.00 bits per heavy atom. The van der Waals surface area contributed by atoms with Crippen molar-refractivity contribution in [1.29, 1.82) is 5.41 Å². The van der Waals surface area contributed by atoms with Crippen LogP contribution in [0.3, 0.4) is 0 Å². The van der Waals surface area contributed by atoms with E-state index in [-0.39, 0.29) is 5.84 Å². The van der Waals surface area contributed by atoms with Gasteiger partial charge in [0.15, 0.2) is 0 Å². The number of nitrogens with zero attached hydrogens (tertiary/aromatic N) is 1. The van der Waals surface area contributed by atoms with Gasteiger partial charge in [-0.25, -0.2) is 4.79 Å². The second kappa shape index (κ2) is 4.44. The number of amidine groups is 1. The molecular weight excluding hydrogens is 228 g/mol. The van der Waals surface area contributed by atoms with Gasteiger partial charge in [-0.15, -0.1) is 0 Å². The molecule has 1 aromatic carbocycles. The molecule has 0 unspecified atom stereocenters. The smallest absolute Gasteiger partial charge is 0.416 e. The number of rotatable bonds is 0. The summed E-state index contributed by atoms with van der Waals surface area (Å²) in [4.78, 5) is 13.4. The van der Waals surface area contributed by atoms with Gasteiger partial charge in [-0.2, -0.15) is 0 Å². The standard InChI is InChI=1S/C14H18N2O2/c1-14(2,3)18-13(17)16-9-8-10-6-4-5-7-11(10)12(16)15/h4-7,15H,8-9H2,1-3H3. The van der Waals surface area contributed by atoms with Crippen LogP contribution in [0.1, 0.15) is 31.9 Å². The number of nitrogens with one attached hydrogen (secondary N) is 1. The SMILES string of the molecule is CC(C)(C)OC(=O)N1CCc2ccccc2C1=N. The molecule has 18 heavy (non-hydrogen) atoms. The fraction of sp³-hybridized carbons (Fsp3) is 0.429. The van der Waals surface area contributed by atoms with Crippen molar-refractivity contribution in [3.05, 3.63) is 35.4 Å². The van der Waals surface area contributed by atoms with Gasteiger partial charge in [-0.3, -0.25) is 10.3 Å². The molecule has 1 aliphatic heterocycles. The van der Waals surface area contributed by atoms with Gasteiger partial charge in [-0.1, -0.05) is 24.3 Å². The van der Waals surface area contributed by atoms with Crippen molar-refractivity contribution >= 4 is 11.9 Å². The van der Waals surface area contributed by atoms with E-state index in [1.807, 2.05) is 45.0 Å². The van der Waals surface area contributed by atoms with Crippen molar-refractivity contribution in [2.75, 3.05) is 6.54 Å². The first-order valence-corrected chi connectivity index (χ1v) is 6.06. The van der Waals surface area contributed by atoms with E-state index in [1.165, 1.54) is 4.90 Å². The van der Waals surface area contributed by atoms with Gasteiger partial charge in [0, 0.05) is 12.1 Å². The number of carbonyl (C=O) groups excluding carboxylic acids is 1. The largest absolute Gasteiger partial charge is 0.443 e. The molecule has 96 valence electrons. The molecule has 1 aliphatic rings. The molecule has 1 aromatic rings. The number of hydrogen-bond acceptors (Lipinski definition) is 3. The van der Waals surface area contributed by atoms with E-state index >= 15 is 0 Å². The number of amides is 1. The van der Waals surface area contributed by atoms with Crippen LogP contribution < -0.4 is 0 Å². The topological polar surface area (TPSA) is 53.4 Å². The van der Waals surface area contributed by atoms with Gasteiger partial charge in [0.1, 0.15) is 11.4 Å². The first-order valence-electron chi connectivity index (χ1n) is 6.06. The highest BCUT2D eigenvalue weighted by atomic mass is 16.6. The van der Waals surface area contributed by atoms with Crippen LogP contribution in [0.5, 0.6) is 0 Å². The quantitative estimate of drug-likeness (QED) is 0.765. The van der Waals surface area contributed by atoms with Crippen LogP contribution in [0.25, 0.3) is 0 Å². The van der Waals surface area contributed by atoms with Gasteiger partial charge >= 0.3 is 6.09 Å². The predicted octanol–water partition coefficient (Wildman–Crippen LogP) is 2.81. The second-order valence-electron chi connectivity index (χ2n) is 5.39. The third kappa shape index (κ3) is 2.53. The Balaban J connectivity index is 2.19. The molecule has 0 aliphatic carbocycles. The first-order chi connectivity index (χ1) is 8.38. The normalized spacial score (nSPS) is 15.3. The summed E-state index contributed by atoms with van der Waals surface area (Å²) in [5, 5.41) is 8.09. The van der Waals surface area contributed by atoms with E-state index in [0.29, 0.717) is 6.54 Å². The van der Waals surface area contributed by atoms with Gasteiger partial charge in [0.25, 0.3) is 0 Å². The maximum Gasteiger partial charge on any atom is 0.416 e. The summed E-state index contributed by atoms with van der Waals surface area (Å²) in [6.07, 6.45) is 0.319. The van der Waals surface area contributed by atoms with Crippen LogP contribution in [0.15, 0.2) is 24.3 Å². The summed E-state index contributed by atoms with van der Waals surface area (Å²) < 4.78 is 5.31. The Bertz CT molecular complexity index is 489. The fourth-order valence-electron chi connectivity index (χ4n) is 1.96. The van der Waals surface area contributed by atoms with Crippen LogP contribution in [0, 0.1) is 5.41 Å². The van der Waals surface area contributed by atoms with Gasteiger partial charge in [0.2, 0.25) is 0 Å². The summed E-state index contributed by atoms with van der Waals surface area (Å²) in [7, 11) is 0. The minimum Gasteiger partial charge on any atom is -0.443 e. The highest BCUT2D eigenvalue weighted by Crippen LogP contribution is 2.20. The minimum absolute atomic E-state index is 0.228. The summed E-state index contributed by atoms with van der Waals surface area (Å²) in [6.45, 7) is 5.98. The van der Waals surface area contributed by atoms with Crippen LogP contribution in [0.4, 0.5) is 4.79 Å². The molecule has 2 rings (SSSR count). The lowest BCUT2D eigenvalue weighted by Gasteiger charge is -2.31. The maximum atomic E-state index is 12.0. The second-order valence-corrected chi connectivity index (χ2v) is 5.39. The number of carbonyl (C=O) groups is 1. The third-order valence-electron chi connectivity index (χ3n) is 2.76. The summed E-state index contributed by atoms with van der Waals surface area (Å²) in [6, 6.07) is 7.70. The van der Waals surface area contributed by atoms with Gasteiger partial charge in [0.05, 0.1) is 0 Å². The number of fused-ring (bicyclic) bond motifs is 1. The number of hydrogen-bond donors (Lipinski definition) is 1. The summed E-state index contributed by atoms with van der Waals surface area (Å²) in [5.41, 5.74) is 1.39. The van der Waals surface area contributed by atoms with Crippen molar-refractivity contribution in [1.82, 2.24) is 4.90 Å². The molecule has 4 heteroatoms. The van der Waals surface area contributed by atoms with Gasteiger partial charge < -0.3 is 4.74 Å². The average Bonchev–Trinajstić information content (AvgIpc) is 2.27. The van der Waals surface area contributed by atoms with Crippen molar-refractivity contribution in [3.63, 3.8) is 0 Å². The zero-order chi connectivity index (χ0) is 13.3. The molecule has 0 saturated carbocycles. The molecule has 0 atom stereocenters. The summed E-state index contributed by atoms with van der Waals surface area (Å²) in [5.74, 6) is 0.228. The number of ether oxygens (including phenoxy) is 1. The highest BCUT2D eigenvalue weighted by Gasteiger charge is 2.29. The molecule has 0 aromatic heterocycles. The third-order valence-corrected chi connectivity index (χ3v) is 2.76. The molecule has 1 amide bonds. The minimum atomic E-state index is -0.533. The Morgan fingerprint density at radius 3 is 2.67 bits per heavy atom. The van der Waals surface area contributed by atoms with E-state index in [4.69, 9.17) is 10.1 Å². The molecule has 0 radical (unpaired) electrons. The Morgan fingerprint density at radius 1 is 1.33 bits per heavy atom. The lowest BCUT2D eigenvalue weighted by atomic mass is 9.99. The predicted molar refractivity (Wildman–Crippen MR) is 69.9 cm³/mol. The number of benzene rings is 1. The zero-order valence-corrected chi connectivity index (χ0v) is 11.0. The summed E-state index contributed by atoms with van der Waals surface area (Å²) >= 11 is 0. The molecule has 0 spiro atoms. The van der Waals surface area contributed by atoms with Crippen LogP contribution in [0.2, 0.25) is 0 Å². The highest BCUT2D eigenvalue weighted by molar-refractivity contribution is 6.06. The molecule has 0 bridgehead atoms. The fourth-order valence-corrected chi connectivity index (χ4v) is 1.96. The van der Waals surface area contributed by atoms with Gasteiger partial charge in [-0.05, 0) is 32.8 Å². The lowest BCUT2D eigenvalue weighted by Crippen LogP contribution is -2.44. The average molecular weight is 246 g/mol. The Kier molecular flexibility index (Phi) is 3.11. The maximum absolute atomic E-state index is 12.0. The van der Waals surface area contributed by atoms with E-state index in [2.05, 4.69) is 0 Å². The Hall–Kier alpha value is -1.84. The van der Waals surface area contributed by atoms with Crippen molar-refractivity contribution in [3.8, 4) is 0 Å². The molecule has 1 N–H and O–H groups in total. The van der Waals surface area contributed by atoms with Crippen LogP contribution in [-0.2, 0) is 11.2 Å². The lowest BCUT2D eigenvalue weighted by molar-refractivity contribution is 0.0367. The van der Waals surface area contributed by atoms with Crippen molar-refractivity contribution in [2.24, 2.45) is 0 Å². The van der Waals surface area contributed by atoms with Crippen LogP contribution in [-0.4, -0.2) is 29.0 Å². The van der Waals surface area contributed by atoms with E-state index in [9.17, 15) is 4.79 Å². The molecular formula is C14H18N2O2. The molecule has 4 nitrogen and oxygen atoms in total. The first kappa shape index (κ1) is 12.6. The molecule has 0 saturated heterocycles. The van der Waals surface area contributed by atoms with E-state index in [0.717, 1.165) is 17.5 Å². The van der Waals surface area contributed by atoms with E-state index in [1.54, 1.807) is 0 Å². The molecule has 1 heterocycles. The monoisotopic (exact) mass is 246 g/mol.